The third-order valence-electron chi connectivity index (χ3n) is 5.36. The Kier molecular flexibility index (Phi) is 12.5. The van der Waals surface area contributed by atoms with Crippen molar-refractivity contribution in [3.8, 4) is 0 Å². The molecule has 0 saturated carbocycles. The van der Waals surface area contributed by atoms with Crippen LogP contribution in [0.15, 0.2) is 32.5 Å². The topological polar surface area (TPSA) is 226 Å². The van der Waals surface area contributed by atoms with Crippen LogP contribution in [0.4, 0.5) is 5.69 Å². The molecule has 1 aromatic heterocycles. The first-order chi connectivity index (χ1) is 18.4. The molecule has 1 aliphatic rings. The first-order valence-electron chi connectivity index (χ1n) is 11.1. The minimum absolute atomic E-state index is 0. The van der Waals surface area contributed by atoms with Gasteiger partial charge in [-0.1, -0.05) is 38.8 Å². The van der Waals surface area contributed by atoms with Gasteiger partial charge in [-0.25, -0.2) is 9.59 Å². The van der Waals surface area contributed by atoms with Crippen LogP contribution in [-0.4, -0.2) is 94.6 Å². The zero-order chi connectivity index (χ0) is 28.7. The van der Waals surface area contributed by atoms with Crippen LogP contribution in [0.1, 0.15) is 24.0 Å². The number of nitrogens with zero attached hydrogens (tertiary/aromatic N) is 4. The standard InChI is InChI=1S/C21H21N5O10S3.Na/c1-11-13-3-2-12(24-25-22)8-15(13)35-21(31)14(11)9-17(27)23-5-7-38-37-6-4-19(29)36-26-18(28)10-16(20(26)30)39(32,33)34;/h2-3,8,16H,4-7,9-10H2,1H3,(H,23,27)(H,32,33,34);. The van der Waals surface area contributed by atoms with Crippen molar-refractivity contribution in [2.45, 2.75) is 31.4 Å². The van der Waals surface area contributed by atoms with Crippen molar-refractivity contribution >= 4 is 102 Å². The Labute approximate surface area is 256 Å². The van der Waals surface area contributed by atoms with Gasteiger partial charge in [0, 0.05) is 63.6 Å². The van der Waals surface area contributed by atoms with Gasteiger partial charge in [0.2, 0.25) is 5.91 Å². The predicted octanol–water partition coefficient (Wildman–Crippen LogP) is 1.57. The maximum absolute atomic E-state index is 12.4. The van der Waals surface area contributed by atoms with Gasteiger partial charge in [0.1, 0.15) is 5.58 Å². The van der Waals surface area contributed by atoms with E-state index in [1.807, 2.05) is 0 Å². The number of hydroxylamine groups is 2. The Bertz CT molecular complexity index is 1540. The molecule has 1 unspecified atom stereocenters. The zero-order valence-electron chi connectivity index (χ0n) is 21.2. The Balaban J connectivity index is 0.00000560. The van der Waals surface area contributed by atoms with Gasteiger partial charge in [-0.05, 0) is 24.1 Å². The Morgan fingerprint density at radius 1 is 1.27 bits per heavy atom. The number of imide groups is 1. The van der Waals surface area contributed by atoms with Gasteiger partial charge in [-0.2, -0.15) is 8.42 Å². The summed E-state index contributed by atoms with van der Waals surface area (Å²) >= 11 is 0. The summed E-state index contributed by atoms with van der Waals surface area (Å²) in [6.07, 6.45) is -1.20. The van der Waals surface area contributed by atoms with Gasteiger partial charge in [0.05, 0.1) is 24.8 Å². The summed E-state index contributed by atoms with van der Waals surface area (Å²) < 4.78 is 36.5. The Morgan fingerprint density at radius 2 is 1.98 bits per heavy atom. The number of carbonyl (C=O) groups is 4. The van der Waals surface area contributed by atoms with Crippen molar-refractivity contribution in [3.63, 3.8) is 0 Å². The SMILES string of the molecule is Cc1c(CC(=O)NCCSSCCC(=O)ON2C(=O)CC(S(=O)(=O)O)C2=O)c(=O)oc2cc(N=[N+]=[N-])ccc12.[Na]. The van der Waals surface area contributed by atoms with Crippen LogP contribution in [0.3, 0.4) is 0 Å². The molecule has 3 amide bonds. The monoisotopic (exact) mass is 622 g/mol. The summed E-state index contributed by atoms with van der Waals surface area (Å²) in [5.41, 5.74) is 9.18. The minimum atomic E-state index is -4.80. The third kappa shape index (κ3) is 8.71. The van der Waals surface area contributed by atoms with E-state index in [-0.39, 0.29) is 76.6 Å². The fourth-order valence-corrected chi connectivity index (χ4v) is 6.04. The Hall–Kier alpha value is -2.57. The summed E-state index contributed by atoms with van der Waals surface area (Å²) in [6, 6.07) is 4.64. The molecule has 40 heavy (non-hydrogen) atoms. The molecule has 2 heterocycles. The maximum Gasteiger partial charge on any atom is 0.340 e. The van der Waals surface area contributed by atoms with Crippen molar-refractivity contribution in [2.24, 2.45) is 5.11 Å². The maximum atomic E-state index is 12.4. The van der Waals surface area contributed by atoms with Crippen molar-refractivity contribution in [1.29, 1.82) is 0 Å². The summed E-state index contributed by atoms with van der Waals surface area (Å²) in [5.74, 6) is -3.03. The van der Waals surface area contributed by atoms with E-state index in [9.17, 15) is 32.4 Å². The molecule has 15 nitrogen and oxygen atoms in total. The van der Waals surface area contributed by atoms with Gasteiger partial charge in [-0.3, -0.25) is 18.9 Å². The van der Waals surface area contributed by atoms with Crippen molar-refractivity contribution in [1.82, 2.24) is 10.4 Å². The number of rotatable bonds is 12. The Morgan fingerprint density at radius 3 is 2.62 bits per heavy atom. The molecule has 19 heteroatoms. The molecule has 1 atom stereocenters. The normalized spacial score (nSPS) is 14.9. The molecule has 1 saturated heterocycles. The number of benzene rings is 1. The van der Waals surface area contributed by atoms with Crippen LogP contribution in [-0.2, 0) is 40.6 Å². The van der Waals surface area contributed by atoms with E-state index < -0.39 is 51.1 Å². The van der Waals surface area contributed by atoms with E-state index in [4.69, 9.17) is 14.5 Å². The van der Waals surface area contributed by atoms with E-state index in [0.29, 0.717) is 16.7 Å². The first kappa shape index (κ1) is 33.6. The fourth-order valence-electron chi connectivity index (χ4n) is 3.46. The molecule has 0 bridgehead atoms. The number of azide groups is 1. The number of amides is 3. The molecule has 2 N–H and O–H groups in total. The van der Waals surface area contributed by atoms with Crippen LogP contribution in [0.2, 0.25) is 0 Å². The van der Waals surface area contributed by atoms with Crippen molar-refractivity contribution in [2.75, 3.05) is 18.1 Å². The minimum Gasteiger partial charge on any atom is -0.422 e. The van der Waals surface area contributed by atoms with Gasteiger partial charge >= 0.3 is 11.6 Å². The average Bonchev–Trinajstić information content (AvgIpc) is 3.14. The first-order valence-corrected chi connectivity index (χ1v) is 15.1. The largest absolute Gasteiger partial charge is 0.422 e. The van der Waals surface area contributed by atoms with Crippen LogP contribution in [0.25, 0.3) is 21.4 Å². The molecule has 1 aromatic carbocycles. The van der Waals surface area contributed by atoms with E-state index in [2.05, 4.69) is 20.2 Å². The zero-order valence-corrected chi connectivity index (χ0v) is 25.6. The molecule has 209 valence electrons. The molecule has 1 fully saturated rings. The number of fused-ring (bicyclic) bond motifs is 1. The van der Waals surface area contributed by atoms with Gasteiger partial charge < -0.3 is 14.6 Å². The second-order valence-electron chi connectivity index (χ2n) is 7.98. The predicted molar refractivity (Wildman–Crippen MR) is 146 cm³/mol. The molecular formula is C21H21N5NaO10S3. The summed E-state index contributed by atoms with van der Waals surface area (Å²) in [7, 11) is -2.22. The average molecular weight is 623 g/mol. The molecule has 2 aromatic rings. The van der Waals surface area contributed by atoms with Crippen LogP contribution in [0.5, 0.6) is 0 Å². The second kappa shape index (κ2) is 14.9. The van der Waals surface area contributed by atoms with E-state index in [1.165, 1.54) is 27.7 Å². The van der Waals surface area contributed by atoms with Gasteiger partial charge in [-0.15, -0.1) is 5.06 Å². The van der Waals surface area contributed by atoms with Crippen molar-refractivity contribution < 1.29 is 41.4 Å². The molecule has 1 radical (unpaired) electrons. The van der Waals surface area contributed by atoms with Gasteiger partial charge in [0.15, 0.2) is 5.25 Å². The molecule has 0 aliphatic carbocycles. The number of hydrogen-bond donors (Lipinski definition) is 2. The van der Waals surface area contributed by atoms with Crippen molar-refractivity contribution in [3.05, 3.63) is 50.2 Å². The summed E-state index contributed by atoms with van der Waals surface area (Å²) in [6.45, 7) is 1.96. The van der Waals surface area contributed by atoms with Crippen LogP contribution in [0, 0.1) is 6.92 Å². The second-order valence-corrected chi connectivity index (χ2v) is 12.3. The van der Waals surface area contributed by atoms with Crippen LogP contribution < -0.4 is 10.9 Å². The fraction of sp³-hybridized carbons (Fsp3) is 0.381. The number of aryl methyl sites for hydroxylation is 1. The number of hydrogen-bond acceptors (Lipinski definition) is 12. The van der Waals surface area contributed by atoms with Gasteiger partial charge in [0.25, 0.3) is 21.9 Å². The number of carbonyl (C=O) groups excluding carboxylic acids is 4. The third-order valence-corrected chi connectivity index (χ3v) is 8.86. The summed E-state index contributed by atoms with van der Waals surface area (Å²) in [5, 5.41) is 4.82. The van der Waals surface area contributed by atoms with E-state index in [0.717, 1.165) is 0 Å². The molecule has 1 aliphatic heterocycles. The number of nitrogens with one attached hydrogen (secondary N) is 1. The quantitative estimate of drug-likeness (QED) is 0.0396. The van der Waals surface area contributed by atoms with E-state index in [1.54, 1.807) is 19.1 Å². The van der Waals surface area contributed by atoms with Crippen LogP contribution >= 0.6 is 21.6 Å². The van der Waals surface area contributed by atoms with E-state index >= 15 is 0 Å². The molecule has 0 spiro atoms. The smallest absolute Gasteiger partial charge is 0.340 e. The summed E-state index contributed by atoms with van der Waals surface area (Å²) in [4.78, 5) is 67.5. The molecule has 3 rings (SSSR count). The molecular weight excluding hydrogens is 601 g/mol.